The van der Waals surface area contributed by atoms with E-state index in [1.165, 1.54) is 12.7 Å². The average Bonchev–Trinajstić information content (AvgIpc) is 2.68. The highest BCUT2D eigenvalue weighted by Gasteiger charge is 2.10. The number of esters is 1. The maximum Gasteiger partial charge on any atom is 0.337 e. The number of methoxy groups -OCH3 is 2. The zero-order valence-electron chi connectivity index (χ0n) is 14.4. The lowest BCUT2D eigenvalue weighted by molar-refractivity contribution is -0.107. The van der Waals surface area contributed by atoms with Gasteiger partial charge in [0.15, 0.2) is 0 Å². The minimum Gasteiger partial charge on any atom is -0.497 e. The number of carbonyl (C=O) groups is 2. The second kappa shape index (κ2) is 9.89. The van der Waals surface area contributed by atoms with Crippen molar-refractivity contribution in [2.24, 2.45) is 0 Å². The number of rotatable bonds is 9. The third-order valence-electron chi connectivity index (χ3n) is 3.87. The summed E-state index contributed by atoms with van der Waals surface area (Å²) in [6.45, 7) is 0. The molecule has 2 aromatic carbocycles. The van der Waals surface area contributed by atoms with Gasteiger partial charge in [0.1, 0.15) is 12.0 Å². The molecular formula is C20H22O4S. The van der Waals surface area contributed by atoms with Crippen molar-refractivity contribution in [3.63, 3.8) is 0 Å². The Balaban J connectivity index is 1.82. The molecule has 0 spiro atoms. The zero-order chi connectivity index (χ0) is 18.1. The van der Waals surface area contributed by atoms with Gasteiger partial charge in [0.25, 0.3) is 0 Å². The van der Waals surface area contributed by atoms with Crippen molar-refractivity contribution in [2.75, 3.05) is 14.2 Å². The van der Waals surface area contributed by atoms with Crippen molar-refractivity contribution in [3.05, 3.63) is 65.2 Å². The summed E-state index contributed by atoms with van der Waals surface area (Å²) in [5.41, 5.74) is 2.80. The van der Waals surface area contributed by atoms with Gasteiger partial charge < -0.3 is 14.3 Å². The van der Waals surface area contributed by atoms with Gasteiger partial charge in [-0.2, -0.15) is 0 Å². The fourth-order valence-electron chi connectivity index (χ4n) is 2.35. The number of aryl methyl sites for hydroxylation is 1. The Morgan fingerprint density at radius 1 is 1.04 bits per heavy atom. The summed E-state index contributed by atoms with van der Waals surface area (Å²) in [7, 11) is 3.01. The quantitative estimate of drug-likeness (QED) is 0.502. The van der Waals surface area contributed by atoms with E-state index in [9.17, 15) is 9.59 Å². The molecule has 0 aliphatic rings. The highest BCUT2D eigenvalue weighted by Crippen LogP contribution is 2.22. The van der Waals surface area contributed by atoms with Crippen LogP contribution in [0, 0.1) is 0 Å². The predicted molar refractivity (Wildman–Crippen MR) is 100 cm³/mol. The molecule has 0 fully saturated rings. The van der Waals surface area contributed by atoms with E-state index in [0.29, 0.717) is 5.56 Å². The SMILES string of the molecule is COC(=O)c1ccc(CCC(C=O)SCc2ccc(OC)cc2)cc1. The monoisotopic (exact) mass is 358 g/mol. The molecule has 2 aromatic rings. The standard InChI is InChI=1S/C20H22O4S/c1-23-18-10-5-16(6-11-18)14-25-19(13-21)12-7-15-3-8-17(9-4-15)20(22)24-2/h3-6,8-11,13,19H,7,12,14H2,1-2H3. The van der Waals surface area contributed by atoms with Gasteiger partial charge >= 0.3 is 5.97 Å². The lowest BCUT2D eigenvalue weighted by Gasteiger charge is -2.11. The molecule has 0 N–H and O–H groups in total. The number of ether oxygens (including phenoxy) is 2. The first-order chi connectivity index (χ1) is 12.2. The molecule has 0 saturated heterocycles. The molecule has 1 unspecified atom stereocenters. The second-order valence-corrected chi connectivity index (χ2v) is 6.79. The molecule has 5 heteroatoms. The Hall–Kier alpha value is -2.27. The molecule has 0 bridgehead atoms. The smallest absolute Gasteiger partial charge is 0.337 e. The summed E-state index contributed by atoms with van der Waals surface area (Å²) in [5.74, 6) is 1.28. The van der Waals surface area contributed by atoms with Gasteiger partial charge in [0.05, 0.1) is 25.0 Å². The van der Waals surface area contributed by atoms with Crippen molar-refractivity contribution < 1.29 is 19.1 Å². The van der Waals surface area contributed by atoms with E-state index in [2.05, 4.69) is 4.74 Å². The maximum absolute atomic E-state index is 11.4. The van der Waals surface area contributed by atoms with Crippen LogP contribution in [0.15, 0.2) is 48.5 Å². The molecule has 0 radical (unpaired) electrons. The molecule has 0 aromatic heterocycles. The summed E-state index contributed by atoms with van der Waals surface area (Å²) in [4.78, 5) is 22.7. The van der Waals surface area contributed by atoms with Crippen LogP contribution >= 0.6 is 11.8 Å². The van der Waals surface area contributed by atoms with Crippen molar-refractivity contribution in [3.8, 4) is 5.75 Å². The third-order valence-corrected chi connectivity index (χ3v) is 5.14. The van der Waals surface area contributed by atoms with Crippen molar-refractivity contribution in [1.82, 2.24) is 0 Å². The molecule has 0 heterocycles. The normalized spacial score (nSPS) is 11.6. The van der Waals surface area contributed by atoms with Crippen LogP contribution in [0.3, 0.4) is 0 Å². The molecule has 2 rings (SSSR count). The first-order valence-corrected chi connectivity index (χ1v) is 9.08. The Kier molecular flexibility index (Phi) is 7.54. The van der Waals surface area contributed by atoms with E-state index in [-0.39, 0.29) is 11.2 Å². The lowest BCUT2D eigenvalue weighted by Crippen LogP contribution is -2.07. The number of carbonyl (C=O) groups excluding carboxylic acids is 2. The Labute approximate surface area is 152 Å². The van der Waals surface area contributed by atoms with Crippen LogP contribution in [0.1, 0.15) is 27.9 Å². The van der Waals surface area contributed by atoms with Gasteiger partial charge in [-0.25, -0.2) is 4.79 Å². The van der Waals surface area contributed by atoms with Gasteiger partial charge in [0, 0.05) is 5.75 Å². The summed E-state index contributed by atoms with van der Waals surface area (Å²) < 4.78 is 9.83. The minimum absolute atomic E-state index is 0.0533. The largest absolute Gasteiger partial charge is 0.497 e. The summed E-state index contributed by atoms with van der Waals surface area (Å²) in [6, 6.07) is 15.2. The Morgan fingerprint density at radius 2 is 1.68 bits per heavy atom. The van der Waals surface area contributed by atoms with Gasteiger partial charge in [0.2, 0.25) is 0 Å². The highest BCUT2D eigenvalue weighted by atomic mass is 32.2. The molecule has 0 aliphatic carbocycles. The van der Waals surface area contributed by atoms with Crippen LogP contribution in [0.4, 0.5) is 0 Å². The molecular weight excluding hydrogens is 336 g/mol. The van der Waals surface area contributed by atoms with Crippen LogP contribution in [-0.4, -0.2) is 31.7 Å². The predicted octanol–water partition coefficient (Wildman–Crippen LogP) is 3.92. The van der Waals surface area contributed by atoms with Gasteiger partial charge in [-0.05, 0) is 48.2 Å². The van der Waals surface area contributed by atoms with Crippen molar-refractivity contribution in [1.29, 1.82) is 0 Å². The first kappa shape index (κ1) is 19.1. The third kappa shape index (κ3) is 5.94. The number of thioether (sulfide) groups is 1. The number of benzene rings is 2. The van der Waals surface area contributed by atoms with Crippen molar-refractivity contribution >= 4 is 24.0 Å². The topological polar surface area (TPSA) is 52.6 Å². The fourth-order valence-corrected chi connectivity index (χ4v) is 3.31. The van der Waals surface area contributed by atoms with E-state index in [4.69, 9.17) is 4.74 Å². The van der Waals surface area contributed by atoms with E-state index < -0.39 is 0 Å². The van der Waals surface area contributed by atoms with Gasteiger partial charge in [-0.3, -0.25) is 0 Å². The lowest BCUT2D eigenvalue weighted by atomic mass is 10.1. The van der Waals surface area contributed by atoms with Crippen molar-refractivity contribution in [2.45, 2.75) is 23.8 Å². The molecule has 4 nitrogen and oxygen atoms in total. The second-order valence-electron chi connectivity index (χ2n) is 5.56. The summed E-state index contributed by atoms with van der Waals surface area (Å²) >= 11 is 1.64. The number of aldehydes is 1. The molecule has 0 aliphatic heterocycles. The molecule has 0 amide bonds. The fraction of sp³-hybridized carbons (Fsp3) is 0.300. The molecule has 1 atom stereocenters. The van der Waals surface area contributed by atoms with Crippen LogP contribution in [0.2, 0.25) is 0 Å². The van der Waals surface area contributed by atoms with E-state index in [1.807, 2.05) is 36.4 Å². The van der Waals surface area contributed by atoms with E-state index in [1.54, 1.807) is 31.0 Å². The Bertz CT molecular complexity index is 680. The van der Waals surface area contributed by atoms with Gasteiger partial charge in [-0.1, -0.05) is 24.3 Å². The first-order valence-electron chi connectivity index (χ1n) is 8.03. The maximum atomic E-state index is 11.4. The van der Waals surface area contributed by atoms with E-state index in [0.717, 1.165) is 36.2 Å². The summed E-state index contributed by atoms with van der Waals surface area (Å²) in [6.07, 6.45) is 2.57. The summed E-state index contributed by atoms with van der Waals surface area (Å²) in [5, 5.41) is -0.0533. The molecule has 132 valence electrons. The van der Waals surface area contributed by atoms with Crippen LogP contribution in [-0.2, 0) is 21.7 Å². The Morgan fingerprint density at radius 3 is 2.24 bits per heavy atom. The molecule has 25 heavy (non-hydrogen) atoms. The molecule has 0 saturated carbocycles. The average molecular weight is 358 g/mol. The number of hydrogen-bond acceptors (Lipinski definition) is 5. The van der Waals surface area contributed by atoms with Crippen LogP contribution in [0.5, 0.6) is 5.75 Å². The van der Waals surface area contributed by atoms with Crippen LogP contribution in [0.25, 0.3) is 0 Å². The highest BCUT2D eigenvalue weighted by molar-refractivity contribution is 7.99. The zero-order valence-corrected chi connectivity index (χ0v) is 15.3. The minimum atomic E-state index is -0.340. The van der Waals surface area contributed by atoms with Crippen LogP contribution < -0.4 is 4.74 Å². The number of hydrogen-bond donors (Lipinski definition) is 0. The van der Waals surface area contributed by atoms with E-state index >= 15 is 0 Å². The van der Waals surface area contributed by atoms with Gasteiger partial charge in [-0.15, -0.1) is 11.8 Å².